The lowest BCUT2D eigenvalue weighted by molar-refractivity contribution is -0.137. The van der Waals surface area contributed by atoms with Crippen molar-refractivity contribution in [3.63, 3.8) is 0 Å². The Morgan fingerprint density at radius 3 is 2.43 bits per heavy atom. The number of aromatic nitrogens is 1. The lowest BCUT2D eigenvalue weighted by Gasteiger charge is -2.10. The molecule has 0 bridgehead atoms. The molecule has 0 radical (unpaired) electrons. The summed E-state index contributed by atoms with van der Waals surface area (Å²) in [4.78, 5) is 14.3. The summed E-state index contributed by atoms with van der Waals surface area (Å²) >= 11 is 0. The average molecular weight is 295 g/mol. The maximum absolute atomic E-state index is 12.6. The van der Waals surface area contributed by atoms with Gasteiger partial charge in [0, 0.05) is 11.8 Å². The van der Waals surface area contributed by atoms with Gasteiger partial charge in [0.15, 0.2) is 0 Å². The van der Waals surface area contributed by atoms with Crippen molar-refractivity contribution in [2.45, 2.75) is 13.1 Å². The molecule has 0 atom stereocenters. The van der Waals surface area contributed by atoms with Crippen LogP contribution >= 0.6 is 0 Å². The van der Waals surface area contributed by atoms with Crippen molar-refractivity contribution < 1.29 is 18.3 Å². The lowest BCUT2D eigenvalue weighted by atomic mass is 10.0. The molecule has 2 N–H and O–H groups in total. The van der Waals surface area contributed by atoms with Crippen LogP contribution in [0.15, 0.2) is 41.8 Å². The van der Waals surface area contributed by atoms with Crippen LogP contribution in [0.3, 0.4) is 0 Å². The molecule has 2 rings (SSSR count). The molecule has 1 aromatic heterocycles. The molecule has 0 saturated carbocycles. The topological polar surface area (TPSA) is 53.1 Å². The van der Waals surface area contributed by atoms with E-state index in [9.17, 15) is 23.1 Å². The Labute approximate surface area is 118 Å². The first-order chi connectivity index (χ1) is 9.70. The van der Waals surface area contributed by atoms with Crippen LogP contribution < -0.4 is 5.56 Å². The van der Waals surface area contributed by atoms with Crippen molar-refractivity contribution in [1.29, 1.82) is 0 Å². The molecule has 110 valence electrons. The van der Waals surface area contributed by atoms with E-state index in [0.29, 0.717) is 17.2 Å². The first-order valence-corrected chi connectivity index (χ1v) is 5.99. The number of rotatable bonds is 2. The Bertz CT molecular complexity index is 760. The van der Waals surface area contributed by atoms with E-state index in [1.807, 2.05) is 0 Å². The van der Waals surface area contributed by atoms with Gasteiger partial charge in [0.05, 0.1) is 11.1 Å². The summed E-state index contributed by atoms with van der Waals surface area (Å²) in [6.45, 7) is 5.45. The van der Waals surface area contributed by atoms with Crippen LogP contribution in [0.25, 0.3) is 16.7 Å². The van der Waals surface area contributed by atoms with Crippen LogP contribution in [-0.4, -0.2) is 10.1 Å². The number of alkyl halides is 3. The molecule has 6 heteroatoms. The first kappa shape index (κ1) is 14.9. The van der Waals surface area contributed by atoms with E-state index < -0.39 is 23.0 Å². The number of H-pyrrole nitrogens is 1. The standard InChI is InChI=1S/C15H12F3NO2/c1-8(2)9-5-12(14(21)19-7-9)11-4-3-10(6-13(11)20)15(16,17)18/h3-7,20H,1H2,2H3,(H,19,21). The number of hydrogen-bond acceptors (Lipinski definition) is 2. The lowest BCUT2D eigenvalue weighted by Crippen LogP contribution is -2.10. The summed E-state index contributed by atoms with van der Waals surface area (Å²) in [5, 5.41) is 9.79. The summed E-state index contributed by atoms with van der Waals surface area (Å²) in [5.74, 6) is -0.603. The summed E-state index contributed by atoms with van der Waals surface area (Å²) in [6.07, 6.45) is -3.10. The smallest absolute Gasteiger partial charge is 0.416 e. The average Bonchev–Trinajstić information content (AvgIpc) is 2.38. The van der Waals surface area contributed by atoms with Crippen LogP contribution in [0.4, 0.5) is 13.2 Å². The van der Waals surface area contributed by atoms with Gasteiger partial charge in [-0.05, 0) is 42.3 Å². The SMILES string of the molecule is C=C(C)c1c[nH]c(=O)c(-c2ccc(C(F)(F)F)cc2O)c1. The number of pyridine rings is 1. The number of aromatic amines is 1. The second kappa shape index (κ2) is 5.12. The molecule has 0 unspecified atom stereocenters. The summed E-state index contributed by atoms with van der Waals surface area (Å²) in [5.41, 5.74) is -0.0526. The number of halogens is 3. The third kappa shape index (κ3) is 2.99. The van der Waals surface area contributed by atoms with E-state index in [4.69, 9.17) is 0 Å². The molecule has 1 heterocycles. The van der Waals surface area contributed by atoms with E-state index in [2.05, 4.69) is 11.6 Å². The van der Waals surface area contributed by atoms with Crippen LogP contribution in [0.1, 0.15) is 18.1 Å². The highest BCUT2D eigenvalue weighted by molar-refractivity contribution is 5.73. The van der Waals surface area contributed by atoms with Gasteiger partial charge in [-0.25, -0.2) is 0 Å². The number of aromatic hydroxyl groups is 1. The molecule has 0 amide bonds. The fraction of sp³-hybridized carbons (Fsp3) is 0.133. The number of phenolic OH excluding ortho intramolecular Hbond substituents is 1. The number of hydrogen-bond donors (Lipinski definition) is 2. The molecule has 0 saturated heterocycles. The summed E-state index contributed by atoms with van der Waals surface area (Å²) < 4.78 is 37.7. The highest BCUT2D eigenvalue weighted by Crippen LogP contribution is 2.35. The minimum atomic E-state index is -4.55. The minimum Gasteiger partial charge on any atom is -0.507 e. The second-order valence-electron chi connectivity index (χ2n) is 4.64. The van der Waals surface area contributed by atoms with Crippen LogP contribution in [0.2, 0.25) is 0 Å². The number of allylic oxidation sites excluding steroid dienone is 1. The van der Waals surface area contributed by atoms with Crippen molar-refractivity contribution >= 4 is 5.57 Å². The maximum Gasteiger partial charge on any atom is 0.416 e. The van der Waals surface area contributed by atoms with Gasteiger partial charge in [0.1, 0.15) is 5.75 Å². The van der Waals surface area contributed by atoms with Crippen LogP contribution in [0.5, 0.6) is 5.75 Å². The molecular weight excluding hydrogens is 283 g/mol. The van der Waals surface area contributed by atoms with E-state index in [1.165, 1.54) is 12.3 Å². The molecular formula is C15H12F3NO2. The molecule has 1 aromatic carbocycles. The van der Waals surface area contributed by atoms with Gasteiger partial charge in [-0.1, -0.05) is 6.58 Å². The zero-order valence-corrected chi connectivity index (χ0v) is 11.1. The van der Waals surface area contributed by atoms with Gasteiger partial charge in [-0.2, -0.15) is 13.2 Å². The summed E-state index contributed by atoms with van der Waals surface area (Å²) in [6, 6.07) is 3.97. The minimum absolute atomic E-state index is 0.0346. The van der Waals surface area contributed by atoms with Gasteiger partial charge in [0.25, 0.3) is 5.56 Å². The van der Waals surface area contributed by atoms with Gasteiger partial charge < -0.3 is 10.1 Å². The molecule has 0 aliphatic rings. The zero-order chi connectivity index (χ0) is 15.8. The van der Waals surface area contributed by atoms with E-state index in [-0.39, 0.29) is 11.1 Å². The maximum atomic E-state index is 12.6. The molecule has 21 heavy (non-hydrogen) atoms. The monoisotopic (exact) mass is 295 g/mol. The van der Waals surface area contributed by atoms with Gasteiger partial charge in [0.2, 0.25) is 0 Å². The van der Waals surface area contributed by atoms with Gasteiger partial charge in [-0.3, -0.25) is 4.79 Å². The van der Waals surface area contributed by atoms with Crippen molar-refractivity contribution in [3.05, 3.63) is 58.5 Å². The molecule has 0 fully saturated rings. The summed E-state index contributed by atoms with van der Waals surface area (Å²) in [7, 11) is 0. The fourth-order valence-corrected chi connectivity index (χ4v) is 1.87. The first-order valence-electron chi connectivity index (χ1n) is 5.99. The molecule has 3 nitrogen and oxygen atoms in total. The number of nitrogens with one attached hydrogen (secondary N) is 1. The fourth-order valence-electron chi connectivity index (χ4n) is 1.87. The predicted octanol–water partition coefficient (Wildman–Crippen LogP) is 3.80. The predicted molar refractivity (Wildman–Crippen MR) is 73.9 cm³/mol. The van der Waals surface area contributed by atoms with E-state index >= 15 is 0 Å². The number of phenols is 1. The van der Waals surface area contributed by atoms with Gasteiger partial charge in [-0.15, -0.1) is 0 Å². The number of benzene rings is 1. The van der Waals surface area contributed by atoms with Gasteiger partial charge >= 0.3 is 6.18 Å². The quantitative estimate of drug-likeness (QED) is 0.885. The Morgan fingerprint density at radius 2 is 1.90 bits per heavy atom. The van der Waals surface area contributed by atoms with E-state index in [1.54, 1.807) is 6.92 Å². The molecule has 0 aliphatic carbocycles. The normalized spacial score (nSPS) is 11.4. The molecule has 0 aliphatic heterocycles. The third-order valence-corrected chi connectivity index (χ3v) is 3.01. The highest BCUT2D eigenvalue weighted by Gasteiger charge is 2.31. The Kier molecular flexibility index (Phi) is 3.63. The zero-order valence-electron chi connectivity index (χ0n) is 11.1. The highest BCUT2D eigenvalue weighted by atomic mass is 19.4. The second-order valence-corrected chi connectivity index (χ2v) is 4.64. The third-order valence-electron chi connectivity index (χ3n) is 3.01. The Balaban J connectivity index is 2.60. The van der Waals surface area contributed by atoms with Crippen LogP contribution in [0, 0.1) is 0 Å². The van der Waals surface area contributed by atoms with Crippen molar-refractivity contribution in [2.75, 3.05) is 0 Å². The Hall–Kier alpha value is -2.50. The Morgan fingerprint density at radius 1 is 1.24 bits per heavy atom. The van der Waals surface area contributed by atoms with Crippen LogP contribution in [-0.2, 0) is 6.18 Å². The van der Waals surface area contributed by atoms with Crippen molar-refractivity contribution in [3.8, 4) is 16.9 Å². The molecule has 0 spiro atoms. The van der Waals surface area contributed by atoms with Crippen molar-refractivity contribution in [2.24, 2.45) is 0 Å². The van der Waals surface area contributed by atoms with Crippen molar-refractivity contribution in [1.82, 2.24) is 4.98 Å². The largest absolute Gasteiger partial charge is 0.507 e. The van der Waals surface area contributed by atoms with E-state index in [0.717, 1.165) is 12.1 Å². The molecule has 2 aromatic rings.